The Morgan fingerprint density at radius 2 is 1.08 bits per heavy atom. The van der Waals surface area contributed by atoms with E-state index in [-0.39, 0.29) is 11.2 Å². The average molecular weight is 338 g/mol. The molecule has 2 aromatic carbocycles. The smallest absolute Gasteiger partial charge is 0.115 e. The van der Waals surface area contributed by atoms with Crippen molar-refractivity contribution in [1.82, 2.24) is 0 Å². The highest BCUT2D eigenvalue weighted by atomic mass is 16.6. The van der Waals surface area contributed by atoms with E-state index in [1.807, 2.05) is 0 Å². The molecule has 0 aliphatic carbocycles. The Balaban J connectivity index is 1.18. The minimum Gasteiger partial charge on any atom is -0.375 e. The van der Waals surface area contributed by atoms with Crippen LogP contribution in [0.4, 0.5) is 0 Å². The Labute approximate surface area is 149 Å². The molecule has 2 heterocycles. The lowest BCUT2D eigenvalue weighted by Crippen LogP contribution is -2.27. The molecule has 0 radical (unpaired) electrons. The molecule has 2 aromatic rings. The van der Waals surface area contributed by atoms with Crippen molar-refractivity contribution in [3.8, 4) is 0 Å². The van der Waals surface area contributed by atoms with Gasteiger partial charge in [-0.2, -0.15) is 0 Å². The summed E-state index contributed by atoms with van der Waals surface area (Å²) < 4.78 is 17.4. The summed E-state index contributed by atoms with van der Waals surface area (Å²) >= 11 is 0. The summed E-state index contributed by atoms with van der Waals surface area (Å²) in [5, 5.41) is 0. The summed E-state index contributed by atoms with van der Waals surface area (Å²) in [4.78, 5) is 0. The maximum absolute atomic E-state index is 6.02. The summed E-state index contributed by atoms with van der Waals surface area (Å²) in [5.41, 5.74) is 2.60. The summed E-state index contributed by atoms with van der Waals surface area (Å²) in [5.74, 6) is 0. The molecule has 2 saturated heterocycles. The third kappa shape index (κ3) is 4.69. The van der Waals surface area contributed by atoms with Crippen LogP contribution in [0.1, 0.15) is 24.0 Å². The number of rotatable bonds is 10. The molecule has 2 aliphatic heterocycles. The first-order chi connectivity index (χ1) is 12.3. The molecule has 4 rings (SSSR count). The van der Waals surface area contributed by atoms with Crippen LogP contribution >= 0.6 is 0 Å². The molecule has 0 N–H and O–H groups in total. The van der Waals surface area contributed by atoms with Crippen molar-refractivity contribution >= 4 is 0 Å². The fourth-order valence-electron chi connectivity index (χ4n) is 3.26. The van der Waals surface area contributed by atoms with Gasteiger partial charge in [0, 0.05) is 0 Å². The summed E-state index contributed by atoms with van der Waals surface area (Å²) in [6.07, 6.45) is 4.13. The molecule has 3 nitrogen and oxygen atoms in total. The van der Waals surface area contributed by atoms with Gasteiger partial charge in [0.15, 0.2) is 0 Å². The van der Waals surface area contributed by atoms with Crippen molar-refractivity contribution in [3.05, 3.63) is 71.8 Å². The Kier molecular flexibility index (Phi) is 4.89. The fraction of sp³-hybridized carbons (Fsp3) is 0.455. The zero-order valence-corrected chi connectivity index (χ0v) is 14.7. The number of aryl methyl sites for hydroxylation is 2. The molecule has 3 heteroatoms. The first kappa shape index (κ1) is 16.8. The Bertz CT molecular complexity index is 601. The second-order valence-corrected chi connectivity index (χ2v) is 7.41. The van der Waals surface area contributed by atoms with Gasteiger partial charge < -0.3 is 14.2 Å². The number of benzene rings is 2. The Morgan fingerprint density at radius 3 is 1.44 bits per heavy atom. The number of hydrogen-bond acceptors (Lipinski definition) is 3. The van der Waals surface area contributed by atoms with Crippen LogP contribution in [0.3, 0.4) is 0 Å². The van der Waals surface area contributed by atoms with Crippen LogP contribution in [0.15, 0.2) is 60.7 Å². The van der Waals surface area contributed by atoms with Crippen molar-refractivity contribution < 1.29 is 14.2 Å². The van der Waals surface area contributed by atoms with E-state index in [0.717, 1.165) is 38.9 Å². The normalized spacial score (nSPS) is 27.2. The fourth-order valence-corrected chi connectivity index (χ4v) is 3.26. The molecule has 2 aliphatic rings. The Hall–Kier alpha value is -1.68. The van der Waals surface area contributed by atoms with Gasteiger partial charge in [0.25, 0.3) is 0 Å². The first-order valence-corrected chi connectivity index (χ1v) is 9.21. The highest BCUT2D eigenvalue weighted by Crippen LogP contribution is 2.36. The monoisotopic (exact) mass is 338 g/mol. The summed E-state index contributed by atoms with van der Waals surface area (Å²) in [6, 6.07) is 21.2. The van der Waals surface area contributed by atoms with Gasteiger partial charge in [0.05, 0.1) is 26.4 Å². The molecule has 25 heavy (non-hydrogen) atoms. The second-order valence-electron chi connectivity index (χ2n) is 7.41. The highest BCUT2D eigenvalue weighted by molar-refractivity contribution is 5.16. The largest absolute Gasteiger partial charge is 0.375 e. The van der Waals surface area contributed by atoms with Crippen LogP contribution in [-0.4, -0.2) is 37.6 Å². The van der Waals surface area contributed by atoms with Crippen LogP contribution in [0.25, 0.3) is 0 Å². The molecule has 0 amide bonds. The van der Waals surface area contributed by atoms with E-state index < -0.39 is 0 Å². The van der Waals surface area contributed by atoms with Gasteiger partial charge in [-0.3, -0.25) is 0 Å². The molecule has 2 unspecified atom stereocenters. The van der Waals surface area contributed by atoms with Crippen LogP contribution in [0.2, 0.25) is 0 Å². The van der Waals surface area contributed by atoms with E-state index in [1.54, 1.807) is 0 Å². The lowest BCUT2D eigenvalue weighted by atomic mass is 10.00. The van der Waals surface area contributed by atoms with Gasteiger partial charge in [-0.05, 0) is 36.8 Å². The SMILES string of the molecule is c1ccc(CCC2(COCC3(CCc4ccccc4)CO3)CO2)cc1. The zero-order valence-electron chi connectivity index (χ0n) is 14.7. The van der Waals surface area contributed by atoms with Gasteiger partial charge >= 0.3 is 0 Å². The number of ether oxygens (including phenoxy) is 3. The molecule has 132 valence electrons. The standard InChI is InChI=1S/C22H26O3/c1-3-7-19(8-4-1)11-13-21(17-24-21)15-23-16-22(18-25-22)14-12-20-9-5-2-6-10-20/h1-10H,11-18H2. The number of hydrogen-bond donors (Lipinski definition) is 0. The van der Waals surface area contributed by atoms with Crippen molar-refractivity contribution in [2.24, 2.45) is 0 Å². The van der Waals surface area contributed by atoms with Crippen molar-refractivity contribution in [2.45, 2.75) is 36.9 Å². The van der Waals surface area contributed by atoms with Gasteiger partial charge in [0.1, 0.15) is 11.2 Å². The van der Waals surface area contributed by atoms with Crippen LogP contribution < -0.4 is 0 Å². The lowest BCUT2D eigenvalue weighted by Gasteiger charge is -2.16. The van der Waals surface area contributed by atoms with Gasteiger partial charge in [-0.1, -0.05) is 60.7 Å². The van der Waals surface area contributed by atoms with E-state index in [2.05, 4.69) is 60.7 Å². The molecular weight excluding hydrogens is 312 g/mol. The predicted octanol–water partition coefficient (Wildman–Crippen LogP) is 3.81. The zero-order chi connectivity index (χ0) is 17.0. The van der Waals surface area contributed by atoms with E-state index in [0.29, 0.717) is 13.2 Å². The maximum Gasteiger partial charge on any atom is 0.115 e. The minimum absolute atomic E-state index is 0.0641. The highest BCUT2D eigenvalue weighted by Gasteiger charge is 2.48. The minimum atomic E-state index is -0.0641. The van der Waals surface area contributed by atoms with Gasteiger partial charge in [-0.25, -0.2) is 0 Å². The molecule has 0 saturated carbocycles. The number of epoxide rings is 2. The van der Waals surface area contributed by atoms with Crippen LogP contribution in [0.5, 0.6) is 0 Å². The topological polar surface area (TPSA) is 34.3 Å². The second kappa shape index (κ2) is 7.28. The van der Waals surface area contributed by atoms with E-state index >= 15 is 0 Å². The van der Waals surface area contributed by atoms with Gasteiger partial charge in [0.2, 0.25) is 0 Å². The average Bonchev–Trinajstić information content (AvgIpc) is 3.59. The lowest BCUT2D eigenvalue weighted by molar-refractivity contribution is 0.0377. The van der Waals surface area contributed by atoms with Gasteiger partial charge in [-0.15, -0.1) is 0 Å². The molecule has 2 fully saturated rings. The maximum atomic E-state index is 6.02. The molecular formula is C22H26O3. The van der Waals surface area contributed by atoms with Crippen LogP contribution in [0, 0.1) is 0 Å². The first-order valence-electron chi connectivity index (χ1n) is 9.21. The van der Waals surface area contributed by atoms with E-state index in [1.165, 1.54) is 11.1 Å². The summed E-state index contributed by atoms with van der Waals surface area (Å²) in [7, 11) is 0. The third-order valence-corrected chi connectivity index (χ3v) is 5.26. The van der Waals surface area contributed by atoms with Crippen molar-refractivity contribution in [3.63, 3.8) is 0 Å². The Morgan fingerprint density at radius 1 is 0.680 bits per heavy atom. The van der Waals surface area contributed by atoms with Crippen LogP contribution in [-0.2, 0) is 27.1 Å². The molecule has 0 aromatic heterocycles. The van der Waals surface area contributed by atoms with Crippen molar-refractivity contribution in [2.75, 3.05) is 26.4 Å². The molecule has 0 spiro atoms. The van der Waals surface area contributed by atoms with Crippen molar-refractivity contribution in [1.29, 1.82) is 0 Å². The van der Waals surface area contributed by atoms with E-state index in [4.69, 9.17) is 14.2 Å². The molecule has 0 bridgehead atoms. The third-order valence-electron chi connectivity index (χ3n) is 5.26. The quantitative estimate of drug-likeness (QED) is 0.618. The van der Waals surface area contributed by atoms with E-state index in [9.17, 15) is 0 Å². The predicted molar refractivity (Wildman–Crippen MR) is 97.7 cm³/mol. The molecule has 2 atom stereocenters. The summed E-state index contributed by atoms with van der Waals surface area (Å²) in [6.45, 7) is 2.99.